The monoisotopic (exact) mass is 240 g/mol. The van der Waals surface area contributed by atoms with Crippen LogP contribution in [0.3, 0.4) is 0 Å². The highest BCUT2D eigenvalue weighted by Gasteiger charge is 2.12. The van der Waals surface area contributed by atoms with Crippen molar-refractivity contribution in [2.75, 3.05) is 0 Å². The molecule has 0 saturated carbocycles. The van der Waals surface area contributed by atoms with Gasteiger partial charge in [-0.1, -0.05) is 50.3 Å². The van der Waals surface area contributed by atoms with Crippen LogP contribution in [0, 0.1) is 0 Å². The maximum Gasteiger partial charge on any atom is 0.134 e. The second-order valence-corrected chi connectivity index (χ2v) is 3.95. The summed E-state index contributed by atoms with van der Waals surface area (Å²) in [5.41, 5.74) is 2.20. The highest BCUT2D eigenvalue weighted by atomic mass is 16.1. The number of rotatable bonds is 6. The lowest BCUT2D eigenvalue weighted by Crippen LogP contribution is -1.95. The highest BCUT2D eigenvalue weighted by Crippen LogP contribution is 2.26. The molecule has 0 fully saturated rings. The van der Waals surface area contributed by atoms with E-state index in [4.69, 9.17) is 0 Å². The first-order valence-electron chi connectivity index (χ1n) is 5.99. The molecule has 0 aliphatic rings. The van der Waals surface area contributed by atoms with Crippen molar-refractivity contribution in [3.63, 3.8) is 0 Å². The van der Waals surface area contributed by atoms with E-state index in [1.54, 1.807) is 12.1 Å². The summed E-state index contributed by atoms with van der Waals surface area (Å²) in [6.07, 6.45) is 4.03. The van der Waals surface area contributed by atoms with Crippen LogP contribution >= 0.6 is 0 Å². The molecule has 0 spiro atoms. The van der Waals surface area contributed by atoms with Crippen LogP contribution in [0.4, 0.5) is 0 Å². The molecule has 1 aromatic carbocycles. The lowest BCUT2D eigenvalue weighted by atomic mass is 9.93. The molecular weight excluding hydrogens is 224 g/mol. The van der Waals surface area contributed by atoms with Gasteiger partial charge in [0.15, 0.2) is 0 Å². The van der Waals surface area contributed by atoms with Crippen LogP contribution in [0.1, 0.15) is 37.3 Å². The van der Waals surface area contributed by atoms with E-state index in [2.05, 4.69) is 6.58 Å². The molecule has 0 bridgehead atoms. The van der Waals surface area contributed by atoms with Crippen LogP contribution in [0.2, 0.25) is 0 Å². The second kappa shape index (κ2) is 7.24. The van der Waals surface area contributed by atoms with E-state index in [0.29, 0.717) is 23.1 Å². The van der Waals surface area contributed by atoms with E-state index in [1.165, 1.54) is 0 Å². The molecule has 0 atom stereocenters. The Morgan fingerprint density at radius 3 is 2.56 bits per heavy atom. The van der Waals surface area contributed by atoms with Gasteiger partial charge in [-0.2, -0.15) is 0 Å². The van der Waals surface area contributed by atoms with Crippen molar-refractivity contribution >= 4 is 23.5 Å². The van der Waals surface area contributed by atoms with E-state index in [0.717, 1.165) is 18.4 Å². The molecule has 0 aliphatic carbocycles. The molecule has 0 radical (unpaired) electrons. The van der Waals surface area contributed by atoms with Gasteiger partial charge in [-0.3, -0.25) is 0 Å². The summed E-state index contributed by atoms with van der Waals surface area (Å²) >= 11 is 0. The maximum atomic E-state index is 11.1. The van der Waals surface area contributed by atoms with Crippen LogP contribution < -0.4 is 0 Å². The molecule has 0 aromatic heterocycles. The molecule has 92 valence electrons. The first kappa shape index (κ1) is 13.9. The number of hydrogen-bond donors (Lipinski definition) is 0. The van der Waals surface area contributed by atoms with Crippen molar-refractivity contribution in [1.29, 1.82) is 0 Å². The molecule has 0 aliphatic heterocycles. The summed E-state index contributed by atoms with van der Waals surface area (Å²) < 4.78 is 0. The molecule has 18 heavy (non-hydrogen) atoms. The zero-order chi connectivity index (χ0) is 13.4. The molecule has 2 nitrogen and oxygen atoms in total. The van der Waals surface area contributed by atoms with Crippen molar-refractivity contribution in [2.45, 2.75) is 26.2 Å². The first-order valence-corrected chi connectivity index (χ1v) is 5.99. The quantitative estimate of drug-likeness (QED) is 0.563. The van der Waals surface area contributed by atoms with E-state index >= 15 is 0 Å². The van der Waals surface area contributed by atoms with Gasteiger partial charge in [-0.25, -0.2) is 9.59 Å². The Bertz CT molecular complexity index is 528. The van der Waals surface area contributed by atoms with Crippen LogP contribution in [-0.2, 0) is 9.59 Å². The second-order valence-electron chi connectivity index (χ2n) is 3.95. The van der Waals surface area contributed by atoms with Crippen molar-refractivity contribution in [1.82, 2.24) is 0 Å². The lowest BCUT2D eigenvalue weighted by molar-refractivity contribution is 0.564. The molecular formula is C16H16O2. The molecule has 0 unspecified atom stereocenters. The molecule has 0 amide bonds. The van der Waals surface area contributed by atoms with Crippen LogP contribution in [-0.4, -0.2) is 11.9 Å². The fraction of sp³-hybridized carbons (Fsp3) is 0.250. The summed E-state index contributed by atoms with van der Waals surface area (Å²) in [5, 5.41) is 0. The van der Waals surface area contributed by atoms with Gasteiger partial charge in [-0.15, -0.1) is 0 Å². The number of benzene rings is 1. The SMILES string of the molecule is C=Cc1ccccc1C(=C=O)C(=C=O)CCCC. The molecule has 0 saturated heterocycles. The summed E-state index contributed by atoms with van der Waals surface area (Å²) in [6, 6.07) is 7.32. The Kier molecular flexibility index (Phi) is 5.60. The summed E-state index contributed by atoms with van der Waals surface area (Å²) in [7, 11) is 0. The molecule has 0 N–H and O–H groups in total. The van der Waals surface area contributed by atoms with Gasteiger partial charge in [0, 0.05) is 5.56 Å². The number of hydrogen-bond acceptors (Lipinski definition) is 2. The minimum absolute atomic E-state index is 0.300. The number of carbonyl (C=O) groups excluding carboxylic acids is 2. The summed E-state index contributed by atoms with van der Waals surface area (Å²) in [4.78, 5) is 22.1. The fourth-order valence-electron chi connectivity index (χ4n) is 1.76. The fourth-order valence-corrected chi connectivity index (χ4v) is 1.76. The first-order chi connectivity index (χ1) is 8.78. The van der Waals surface area contributed by atoms with Crippen molar-refractivity contribution in [3.05, 3.63) is 47.5 Å². The average Bonchev–Trinajstić information content (AvgIpc) is 2.43. The van der Waals surface area contributed by atoms with Crippen LogP contribution in [0.5, 0.6) is 0 Å². The Hall–Kier alpha value is -2.14. The van der Waals surface area contributed by atoms with Gasteiger partial charge in [0.25, 0.3) is 0 Å². The minimum Gasteiger partial charge on any atom is -0.233 e. The van der Waals surface area contributed by atoms with Gasteiger partial charge >= 0.3 is 0 Å². The third-order valence-corrected chi connectivity index (χ3v) is 2.76. The van der Waals surface area contributed by atoms with Crippen molar-refractivity contribution in [3.8, 4) is 0 Å². The summed E-state index contributed by atoms with van der Waals surface area (Å²) in [6.45, 7) is 5.74. The third-order valence-electron chi connectivity index (χ3n) is 2.76. The Labute approximate surface area is 107 Å². The smallest absolute Gasteiger partial charge is 0.134 e. The Morgan fingerprint density at radius 1 is 1.28 bits per heavy atom. The zero-order valence-electron chi connectivity index (χ0n) is 10.5. The zero-order valence-corrected chi connectivity index (χ0v) is 10.5. The largest absolute Gasteiger partial charge is 0.233 e. The molecule has 1 aromatic rings. The van der Waals surface area contributed by atoms with Gasteiger partial charge in [0.1, 0.15) is 11.9 Å². The predicted molar refractivity (Wildman–Crippen MR) is 74.4 cm³/mol. The number of allylic oxidation sites excluding steroid dienone is 2. The topological polar surface area (TPSA) is 34.1 Å². The third kappa shape index (κ3) is 3.18. The van der Waals surface area contributed by atoms with E-state index in [-0.39, 0.29) is 0 Å². The van der Waals surface area contributed by atoms with Crippen molar-refractivity contribution in [2.24, 2.45) is 0 Å². The van der Waals surface area contributed by atoms with E-state index < -0.39 is 0 Å². The molecule has 1 rings (SSSR count). The van der Waals surface area contributed by atoms with Crippen molar-refractivity contribution < 1.29 is 9.59 Å². The average molecular weight is 240 g/mol. The lowest BCUT2D eigenvalue weighted by Gasteiger charge is -2.08. The normalized spacial score (nSPS) is 9.17. The standard InChI is InChI=1S/C16H16O2/c1-3-5-8-14(11-17)16(12-18)15-10-7-6-9-13(15)4-2/h4,6-7,9-10H,2-3,5,8H2,1H3. The summed E-state index contributed by atoms with van der Waals surface area (Å²) in [5.74, 6) is 3.74. The van der Waals surface area contributed by atoms with Gasteiger partial charge < -0.3 is 0 Å². The Balaban J connectivity index is 3.22. The molecule has 0 heterocycles. The van der Waals surface area contributed by atoms with Crippen LogP contribution in [0.15, 0.2) is 36.4 Å². The molecule has 2 heteroatoms. The van der Waals surface area contributed by atoms with E-state index in [1.807, 2.05) is 37.0 Å². The van der Waals surface area contributed by atoms with Crippen LogP contribution in [0.25, 0.3) is 11.6 Å². The highest BCUT2D eigenvalue weighted by molar-refractivity contribution is 6.02. The van der Waals surface area contributed by atoms with Gasteiger partial charge in [0.05, 0.1) is 11.1 Å². The maximum absolute atomic E-state index is 11.1. The number of unbranched alkanes of at least 4 members (excludes halogenated alkanes) is 1. The van der Waals surface area contributed by atoms with E-state index in [9.17, 15) is 9.59 Å². The predicted octanol–water partition coefficient (Wildman–Crippen LogP) is 3.49. The van der Waals surface area contributed by atoms with Gasteiger partial charge in [0.2, 0.25) is 0 Å². The Morgan fingerprint density at radius 2 is 2.00 bits per heavy atom. The minimum atomic E-state index is 0.300. The van der Waals surface area contributed by atoms with Gasteiger partial charge in [-0.05, 0) is 18.4 Å².